The average molecular weight is 821 g/mol. The summed E-state index contributed by atoms with van der Waals surface area (Å²) >= 11 is 0. The molecule has 7 aliphatic rings. The molecular weight excluding hydrogens is 752 g/mol. The zero-order chi connectivity index (χ0) is 41.4. The van der Waals surface area contributed by atoms with Crippen molar-refractivity contribution < 1.29 is 84.2 Å². The van der Waals surface area contributed by atoms with Crippen LogP contribution in [0, 0.1) is 34.5 Å². The van der Waals surface area contributed by atoms with E-state index in [0.29, 0.717) is 18.3 Å². The number of ether oxygens (including phenoxy) is 7. The molecule has 4 saturated carbocycles. The van der Waals surface area contributed by atoms with Crippen LogP contribution in [-0.4, -0.2) is 181 Å². The standard InChI is InChI=1S/C40H68O17/c1-17(52-35-30(47)28(45)26(43)24(15-41)55-35)21-10-13-40(50)23-7-6-19-14-20(8-11-38(19,3)22(23)9-12-39(21,40)4)54-37-32(49)34(51-5)33(18(2)53-37)57-36-31(48)29(46)27(44)25(16-42)56-36/h17-37,41-50H,6-16H2,1-5H3/t17?,18?,19?,20-,21+,22-,23+,24?,25?,26?,27?,28?,29?,30?,31?,32?,33?,34?,35?,36?,37?,38-,39+,40-/m0/s1. The van der Waals surface area contributed by atoms with Gasteiger partial charge >= 0.3 is 0 Å². The van der Waals surface area contributed by atoms with E-state index in [-0.39, 0.29) is 23.4 Å². The molecule has 0 amide bonds. The molecule has 3 heterocycles. The molecule has 17 unspecified atom stereocenters. The summed E-state index contributed by atoms with van der Waals surface area (Å²) in [5.41, 5.74) is -1.41. The van der Waals surface area contributed by atoms with Crippen LogP contribution in [0.2, 0.25) is 0 Å². The Morgan fingerprint density at radius 2 is 1.26 bits per heavy atom. The normalized spacial score (nSPS) is 56.1. The van der Waals surface area contributed by atoms with Gasteiger partial charge in [0.05, 0.1) is 37.1 Å². The zero-order valence-electron chi connectivity index (χ0n) is 33.7. The largest absolute Gasteiger partial charge is 0.394 e. The van der Waals surface area contributed by atoms with E-state index >= 15 is 0 Å². The highest BCUT2D eigenvalue weighted by molar-refractivity contribution is 5.17. The topological polar surface area (TPSA) is 267 Å². The molecule has 17 nitrogen and oxygen atoms in total. The van der Waals surface area contributed by atoms with Crippen LogP contribution >= 0.6 is 0 Å². The number of aliphatic hydroxyl groups is 10. The lowest BCUT2D eigenvalue weighted by Gasteiger charge is -2.64. The Balaban J connectivity index is 0.969. The van der Waals surface area contributed by atoms with Crippen molar-refractivity contribution in [3.63, 3.8) is 0 Å². The monoisotopic (exact) mass is 820 g/mol. The molecule has 0 radical (unpaired) electrons. The van der Waals surface area contributed by atoms with Gasteiger partial charge in [-0.2, -0.15) is 0 Å². The van der Waals surface area contributed by atoms with E-state index < -0.39 is 122 Å². The van der Waals surface area contributed by atoms with Gasteiger partial charge in [-0.3, -0.25) is 0 Å². The number of rotatable bonds is 10. The second kappa shape index (κ2) is 16.9. The van der Waals surface area contributed by atoms with Gasteiger partial charge in [-0.25, -0.2) is 0 Å². The quantitative estimate of drug-likeness (QED) is 0.114. The van der Waals surface area contributed by atoms with Gasteiger partial charge in [0.2, 0.25) is 0 Å². The van der Waals surface area contributed by atoms with Crippen molar-refractivity contribution in [3.8, 4) is 0 Å². The average Bonchev–Trinajstić information content (AvgIpc) is 3.47. The molecule has 24 atom stereocenters. The highest BCUT2D eigenvalue weighted by Gasteiger charge is 2.68. The second-order valence-corrected chi connectivity index (χ2v) is 18.8. The Hall–Kier alpha value is -0.680. The first kappa shape index (κ1) is 44.4. The van der Waals surface area contributed by atoms with Gasteiger partial charge in [-0.1, -0.05) is 13.8 Å². The Morgan fingerprint density at radius 1 is 0.649 bits per heavy atom. The van der Waals surface area contributed by atoms with Crippen LogP contribution in [-0.2, 0) is 33.2 Å². The Bertz CT molecular complexity index is 1360. The Morgan fingerprint density at radius 3 is 1.89 bits per heavy atom. The summed E-state index contributed by atoms with van der Waals surface area (Å²) in [6.45, 7) is 7.01. The SMILES string of the molecule is COC1C(O)C(O[C@H]2CC[C@@]3(C)C(CC[C@@H]4[C@@H]3CC[C@]3(C)[C@@H](C(C)OC5OC(CO)C(O)C(O)C5O)CC[C@]43O)C2)OC(C)C1OC1OC(CO)C(O)C(O)C1O. The smallest absolute Gasteiger partial charge is 0.187 e. The van der Waals surface area contributed by atoms with Crippen LogP contribution in [0.5, 0.6) is 0 Å². The minimum atomic E-state index is -1.62. The van der Waals surface area contributed by atoms with Crippen molar-refractivity contribution in [3.05, 3.63) is 0 Å². The summed E-state index contributed by atoms with van der Waals surface area (Å²) in [7, 11) is 1.42. The first-order chi connectivity index (χ1) is 26.9. The first-order valence-corrected chi connectivity index (χ1v) is 21.1. The fourth-order valence-corrected chi connectivity index (χ4v) is 12.7. The van der Waals surface area contributed by atoms with E-state index in [1.807, 2.05) is 6.92 Å². The van der Waals surface area contributed by atoms with Gasteiger partial charge in [0, 0.05) is 12.5 Å². The van der Waals surface area contributed by atoms with Crippen molar-refractivity contribution in [2.45, 2.75) is 195 Å². The Kier molecular flexibility index (Phi) is 13.1. The molecule has 3 saturated heterocycles. The molecule has 17 heteroatoms. The van der Waals surface area contributed by atoms with E-state index in [4.69, 9.17) is 33.2 Å². The molecular formula is C40H68O17. The van der Waals surface area contributed by atoms with Gasteiger partial charge in [0.15, 0.2) is 18.9 Å². The number of fused-ring (bicyclic) bond motifs is 5. The van der Waals surface area contributed by atoms with Crippen molar-refractivity contribution in [2.75, 3.05) is 20.3 Å². The third-order valence-electron chi connectivity index (χ3n) is 16.1. The molecule has 7 rings (SSSR count). The van der Waals surface area contributed by atoms with Crippen LogP contribution in [0.4, 0.5) is 0 Å². The molecule has 0 aromatic heterocycles. The first-order valence-electron chi connectivity index (χ1n) is 21.1. The van der Waals surface area contributed by atoms with E-state index in [2.05, 4.69) is 13.8 Å². The van der Waals surface area contributed by atoms with E-state index in [9.17, 15) is 51.1 Å². The van der Waals surface area contributed by atoms with E-state index in [1.165, 1.54) is 7.11 Å². The maximum Gasteiger partial charge on any atom is 0.187 e. The number of hydrogen-bond donors (Lipinski definition) is 10. The summed E-state index contributed by atoms with van der Waals surface area (Å²) in [6.07, 6.45) is -12.4. The summed E-state index contributed by atoms with van der Waals surface area (Å²) < 4.78 is 41.8. The van der Waals surface area contributed by atoms with Gasteiger partial charge in [-0.15, -0.1) is 0 Å². The molecule has 0 bridgehead atoms. The summed E-state index contributed by atoms with van der Waals surface area (Å²) in [5.74, 6) is 0.667. The molecule has 10 N–H and O–H groups in total. The molecule has 7 fully saturated rings. The van der Waals surface area contributed by atoms with Gasteiger partial charge in [-0.05, 0) is 101 Å². The van der Waals surface area contributed by atoms with Crippen molar-refractivity contribution in [1.82, 2.24) is 0 Å². The molecule has 4 aliphatic carbocycles. The lowest BCUT2D eigenvalue weighted by atomic mass is 9.43. The predicted octanol–water partition coefficient (Wildman–Crippen LogP) is -1.34. The van der Waals surface area contributed by atoms with Crippen LogP contribution in [0.3, 0.4) is 0 Å². The van der Waals surface area contributed by atoms with Crippen LogP contribution in [0.15, 0.2) is 0 Å². The highest BCUT2D eigenvalue weighted by atomic mass is 16.7. The Labute approximate surface area is 334 Å². The van der Waals surface area contributed by atoms with Crippen molar-refractivity contribution >= 4 is 0 Å². The minimum absolute atomic E-state index is 0.0326. The van der Waals surface area contributed by atoms with Gasteiger partial charge < -0.3 is 84.2 Å². The second-order valence-electron chi connectivity index (χ2n) is 18.8. The van der Waals surface area contributed by atoms with Gasteiger partial charge in [0.1, 0.15) is 67.1 Å². The summed E-state index contributed by atoms with van der Waals surface area (Å²) in [4.78, 5) is 0. The van der Waals surface area contributed by atoms with E-state index in [1.54, 1.807) is 6.92 Å². The van der Waals surface area contributed by atoms with Gasteiger partial charge in [0.25, 0.3) is 0 Å². The van der Waals surface area contributed by atoms with Crippen LogP contribution in [0.25, 0.3) is 0 Å². The van der Waals surface area contributed by atoms with E-state index in [0.717, 1.165) is 51.4 Å². The van der Waals surface area contributed by atoms with Crippen molar-refractivity contribution in [1.29, 1.82) is 0 Å². The molecule has 57 heavy (non-hydrogen) atoms. The van der Waals surface area contributed by atoms with Crippen molar-refractivity contribution in [2.24, 2.45) is 34.5 Å². The maximum atomic E-state index is 12.8. The molecule has 0 aromatic carbocycles. The lowest BCUT2D eigenvalue weighted by molar-refractivity contribution is -0.362. The number of aliphatic hydroxyl groups excluding tert-OH is 9. The fourth-order valence-electron chi connectivity index (χ4n) is 12.7. The predicted molar refractivity (Wildman–Crippen MR) is 196 cm³/mol. The summed E-state index contributed by atoms with van der Waals surface area (Å²) in [6, 6.07) is 0. The molecule has 3 aliphatic heterocycles. The van der Waals surface area contributed by atoms with Crippen LogP contribution < -0.4 is 0 Å². The lowest BCUT2D eigenvalue weighted by Crippen LogP contribution is -2.64. The highest BCUT2D eigenvalue weighted by Crippen LogP contribution is 2.69. The fraction of sp³-hybridized carbons (Fsp3) is 1.00. The number of methoxy groups -OCH3 is 1. The molecule has 330 valence electrons. The maximum absolute atomic E-state index is 12.8. The third-order valence-corrected chi connectivity index (χ3v) is 16.1. The zero-order valence-corrected chi connectivity index (χ0v) is 33.7. The van der Waals surface area contributed by atoms with Crippen LogP contribution in [0.1, 0.15) is 85.5 Å². The molecule has 0 spiro atoms. The summed E-state index contributed by atoms with van der Waals surface area (Å²) in [5, 5.41) is 106. The minimum Gasteiger partial charge on any atom is -0.394 e. The third kappa shape index (κ3) is 7.45. The number of hydrogen-bond acceptors (Lipinski definition) is 17. The molecule has 0 aromatic rings.